The molecule has 3 heteroatoms. The summed E-state index contributed by atoms with van der Waals surface area (Å²) in [6.45, 7) is 4.22. The molecule has 0 aliphatic carbocycles. The first-order valence-corrected chi connectivity index (χ1v) is 8.43. The summed E-state index contributed by atoms with van der Waals surface area (Å²) in [6, 6.07) is 17.4. The molecule has 2 aromatic carbocycles. The molecule has 1 fully saturated rings. The minimum Gasteiger partial charge on any atom is -0.383 e. The van der Waals surface area contributed by atoms with Crippen LogP contribution < -0.4 is 10.2 Å². The predicted octanol–water partition coefficient (Wildman–Crippen LogP) is 5.12. The molecule has 116 valence electrons. The van der Waals surface area contributed by atoms with Crippen molar-refractivity contribution in [3.05, 3.63) is 59.1 Å². The first-order valence-electron chi connectivity index (χ1n) is 8.05. The second kappa shape index (κ2) is 7.06. The molecule has 1 heterocycles. The zero-order chi connectivity index (χ0) is 15.4. The lowest BCUT2D eigenvalue weighted by molar-refractivity contribution is 0.473. The summed E-state index contributed by atoms with van der Waals surface area (Å²) >= 11 is 6.01. The topological polar surface area (TPSA) is 15.3 Å². The summed E-state index contributed by atoms with van der Waals surface area (Å²) in [5, 5.41) is 4.39. The van der Waals surface area contributed by atoms with E-state index in [1.54, 1.807) is 0 Å². The molecule has 1 saturated heterocycles. The Balaban J connectivity index is 1.67. The summed E-state index contributed by atoms with van der Waals surface area (Å²) in [4.78, 5) is 2.51. The zero-order valence-electron chi connectivity index (χ0n) is 13.1. The van der Waals surface area contributed by atoms with E-state index in [1.165, 1.54) is 36.2 Å². The van der Waals surface area contributed by atoms with E-state index in [2.05, 4.69) is 53.5 Å². The molecule has 1 aliphatic heterocycles. The van der Waals surface area contributed by atoms with Crippen LogP contribution >= 0.6 is 11.6 Å². The van der Waals surface area contributed by atoms with Crippen molar-refractivity contribution in [3.63, 3.8) is 0 Å². The number of aryl methyl sites for hydroxylation is 1. The average molecular weight is 315 g/mol. The van der Waals surface area contributed by atoms with Gasteiger partial charge in [0.1, 0.15) is 0 Å². The van der Waals surface area contributed by atoms with E-state index in [0.717, 1.165) is 18.1 Å². The van der Waals surface area contributed by atoms with Crippen molar-refractivity contribution in [1.29, 1.82) is 0 Å². The van der Waals surface area contributed by atoms with Crippen molar-refractivity contribution < 1.29 is 0 Å². The van der Waals surface area contributed by atoms with Crippen molar-refractivity contribution in [3.8, 4) is 0 Å². The molecule has 3 rings (SSSR count). The Bertz CT molecular complexity index is 592. The fraction of sp³-hybridized carbons (Fsp3) is 0.368. The summed E-state index contributed by atoms with van der Waals surface area (Å²) in [5.74, 6) is 0. The van der Waals surface area contributed by atoms with Crippen molar-refractivity contribution >= 4 is 23.0 Å². The van der Waals surface area contributed by atoms with Gasteiger partial charge in [-0.05, 0) is 62.6 Å². The maximum absolute atomic E-state index is 6.01. The minimum atomic E-state index is 0.538. The lowest BCUT2D eigenvalue weighted by atomic mass is 10.0. The van der Waals surface area contributed by atoms with Crippen molar-refractivity contribution in [2.24, 2.45) is 0 Å². The van der Waals surface area contributed by atoms with Crippen LogP contribution in [0.25, 0.3) is 0 Å². The Morgan fingerprint density at radius 3 is 2.50 bits per heavy atom. The average Bonchev–Trinajstić information content (AvgIpc) is 2.55. The summed E-state index contributed by atoms with van der Waals surface area (Å²) in [6.07, 6.45) is 3.81. The van der Waals surface area contributed by atoms with Gasteiger partial charge in [0.2, 0.25) is 0 Å². The van der Waals surface area contributed by atoms with E-state index in [4.69, 9.17) is 11.6 Å². The van der Waals surface area contributed by atoms with Crippen molar-refractivity contribution in [1.82, 2.24) is 0 Å². The van der Waals surface area contributed by atoms with Gasteiger partial charge in [0, 0.05) is 35.5 Å². The van der Waals surface area contributed by atoms with Gasteiger partial charge in [0.15, 0.2) is 0 Å². The van der Waals surface area contributed by atoms with Gasteiger partial charge in [-0.15, -0.1) is 0 Å². The molecule has 0 aromatic heterocycles. The van der Waals surface area contributed by atoms with Crippen LogP contribution in [-0.2, 0) is 0 Å². The standard InChI is InChI=1S/C19H23ClN2/c1-15-5-9-17(10-6-15)21-14-19-4-2-3-13-22(19)18-11-7-16(20)8-12-18/h5-12,19,21H,2-4,13-14H2,1H3. The normalized spacial score (nSPS) is 18.3. The van der Waals surface area contributed by atoms with Crippen LogP contribution in [0.1, 0.15) is 24.8 Å². The fourth-order valence-corrected chi connectivity index (χ4v) is 3.22. The molecule has 1 unspecified atom stereocenters. The van der Waals surface area contributed by atoms with Crippen LogP contribution in [0.5, 0.6) is 0 Å². The number of anilines is 2. The Kier molecular flexibility index (Phi) is 4.89. The fourth-order valence-electron chi connectivity index (χ4n) is 3.09. The van der Waals surface area contributed by atoms with Crippen LogP contribution in [0, 0.1) is 6.92 Å². The third-order valence-electron chi connectivity index (χ3n) is 4.38. The van der Waals surface area contributed by atoms with Gasteiger partial charge in [-0.2, -0.15) is 0 Å². The SMILES string of the molecule is Cc1ccc(NCC2CCCCN2c2ccc(Cl)cc2)cc1. The molecule has 0 saturated carbocycles. The largest absolute Gasteiger partial charge is 0.383 e. The van der Waals surface area contributed by atoms with E-state index in [-0.39, 0.29) is 0 Å². The smallest absolute Gasteiger partial charge is 0.0462 e. The summed E-state index contributed by atoms with van der Waals surface area (Å²) in [7, 11) is 0. The van der Waals surface area contributed by atoms with Crippen molar-refractivity contribution in [2.75, 3.05) is 23.3 Å². The number of rotatable bonds is 4. The third-order valence-corrected chi connectivity index (χ3v) is 4.63. The van der Waals surface area contributed by atoms with Gasteiger partial charge in [-0.25, -0.2) is 0 Å². The molecule has 0 radical (unpaired) electrons. The Morgan fingerprint density at radius 2 is 1.77 bits per heavy atom. The number of nitrogens with zero attached hydrogens (tertiary/aromatic N) is 1. The number of hydrogen-bond acceptors (Lipinski definition) is 2. The highest BCUT2D eigenvalue weighted by molar-refractivity contribution is 6.30. The van der Waals surface area contributed by atoms with E-state index < -0.39 is 0 Å². The molecule has 0 bridgehead atoms. The lowest BCUT2D eigenvalue weighted by Crippen LogP contribution is -2.43. The van der Waals surface area contributed by atoms with E-state index in [9.17, 15) is 0 Å². The monoisotopic (exact) mass is 314 g/mol. The van der Waals surface area contributed by atoms with Crippen LogP contribution in [-0.4, -0.2) is 19.1 Å². The number of halogens is 1. The molecule has 1 aliphatic rings. The molecular formula is C19H23ClN2. The first kappa shape index (κ1) is 15.2. The van der Waals surface area contributed by atoms with Gasteiger partial charge in [0.25, 0.3) is 0 Å². The van der Waals surface area contributed by atoms with Gasteiger partial charge in [-0.3, -0.25) is 0 Å². The number of nitrogens with one attached hydrogen (secondary N) is 1. The van der Waals surface area contributed by atoms with Crippen molar-refractivity contribution in [2.45, 2.75) is 32.2 Å². The van der Waals surface area contributed by atoms with Gasteiger partial charge in [0.05, 0.1) is 0 Å². The highest BCUT2D eigenvalue weighted by Crippen LogP contribution is 2.26. The Labute approximate surface area is 138 Å². The molecule has 22 heavy (non-hydrogen) atoms. The van der Waals surface area contributed by atoms with Gasteiger partial charge < -0.3 is 10.2 Å². The molecule has 1 N–H and O–H groups in total. The predicted molar refractivity (Wildman–Crippen MR) is 96.1 cm³/mol. The van der Waals surface area contributed by atoms with E-state index in [1.807, 2.05) is 12.1 Å². The minimum absolute atomic E-state index is 0.538. The summed E-state index contributed by atoms with van der Waals surface area (Å²) in [5.41, 5.74) is 3.78. The van der Waals surface area contributed by atoms with E-state index >= 15 is 0 Å². The second-order valence-electron chi connectivity index (χ2n) is 6.07. The first-order chi connectivity index (χ1) is 10.7. The molecule has 0 spiro atoms. The van der Waals surface area contributed by atoms with Crippen LogP contribution in [0.15, 0.2) is 48.5 Å². The second-order valence-corrected chi connectivity index (χ2v) is 6.50. The Hall–Kier alpha value is -1.67. The molecule has 0 amide bonds. The molecule has 2 nitrogen and oxygen atoms in total. The molecule has 2 aromatic rings. The van der Waals surface area contributed by atoms with Crippen LogP contribution in [0.4, 0.5) is 11.4 Å². The molecule has 1 atom stereocenters. The maximum Gasteiger partial charge on any atom is 0.0462 e. The number of hydrogen-bond donors (Lipinski definition) is 1. The highest BCUT2D eigenvalue weighted by atomic mass is 35.5. The number of benzene rings is 2. The lowest BCUT2D eigenvalue weighted by Gasteiger charge is -2.38. The van der Waals surface area contributed by atoms with E-state index in [0.29, 0.717) is 6.04 Å². The van der Waals surface area contributed by atoms with Crippen LogP contribution in [0.3, 0.4) is 0 Å². The molecular weight excluding hydrogens is 292 g/mol. The quantitative estimate of drug-likeness (QED) is 0.842. The maximum atomic E-state index is 6.01. The summed E-state index contributed by atoms with van der Waals surface area (Å²) < 4.78 is 0. The zero-order valence-corrected chi connectivity index (χ0v) is 13.8. The van der Waals surface area contributed by atoms with Gasteiger partial charge in [-0.1, -0.05) is 29.3 Å². The highest BCUT2D eigenvalue weighted by Gasteiger charge is 2.22. The van der Waals surface area contributed by atoms with Gasteiger partial charge >= 0.3 is 0 Å². The third kappa shape index (κ3) is 3.75. The Morgan fingerprint density at radius 1 is 1.05 bits per heavy atom. The number of piperidine rings is 1. The van der Waals surface area contributed by atoms with Crippen LogP contribution in [0.2, 0.25) is 5.02 Å².